The van der Waals surface area contributed by atoms with Gasteiger partial charge in [0.05, 0.1) is 16.3 Å². The van der Waals surface area contributed by atoms with Crippen LogP contribution in [0.5, 0.6) is 0 Å². The molecule has 2 aliphatic rings. The topological polar surface area (TPSA) is 74.3 Å². The molecule has 0 spiro atoms. The minimum Gasteiger partial charge on any atom is -0.356 e. The van der Waals surface area contributed by atoms with Gasteiger partial charge in [0, 0.05) is 32.1 Å². The summed E-state index contributed by atoms with van der Waals surface area (Å²) in [5, 5.41) is 6.35. The van der Waals surface area contributed by atoms with Crippen LogP contribution < -0.4 is 15.5 Å². The minimum atomic E-state index is -0.184. The first-order valence-corrected chi connectivity index (χ1v) is 9.84. The minimum absolute atomic E-state index is 0.0222. The summed E-state index contributed by atoms with van der Waals surface area (Å²) in [6.45, 7) is 6.15. The van der Waals surface area contributed by atoms with Crippen molar-refractivity contribution >= 4 is 29.2 Å². The van der Waals surface area contributed by atoms with Crippen molar-refractivity contribution in [2.45, 2.75) is 58.4 Å². The molecule has 0 saturated carbocycles. The molecule has 1 aromatic heterocycles. The number of hydrogen-bond acceptors (Lipinski definition) is 4. The van der Waals surface area contributed by atoms with E-state index in [1.807, 2.05) is 13.8 Å². The van der Waals surface area contributed by atoms with Crippen LogP contribution in [0, 0.1) is 13.8 Å². The molecular formula is C19H27ClN4O2. The summed E-state index contributed by atoms with van der Waals surface area (Å²) in [6.07, 6.45) is 5.68. The Bertz CT molecular complexity index is 699. The van der Waals surface area contributed by atoms with Crippen molar-refractivity contribution in [2.24, 2.45) is 0 Å². The first-order valence-electron chi connectivity index (χ1n) is 9.46. The van der Waals surface area contributed by atoms with Crippen molar-refractivity contribution in [3.8, 4) is 0 Å². The van der Waals surface area contributed by atoms with Gasteiger partial charge in [0.15, 0.2) is 0 Å². The van der Waals surface area contributed by atoms with Crippen molar-refractivity contribution in [3.63, 3.8) is 0 Å². The molecule has 7 heteroatoms. The number of halogens is 1. The number of piperidine rings is 1. The molecule has 0 aliphatic carbocycles. The molecule has 3 rings (SSSR count). The van der Waals surface area contributed by atoms with Crippen LogP contribution in [0.15, 0.2) is 0 Å². The fourth-order valence-electron chi connectivity index (χ4n) is 3.76. The van der Waals surface area contributed by atoms with Crippen LogP contribution in [-0.4, -0.2) is 42.5 Å². The maximum Gasteiger partial charge on any atom is 0.255 e. The van der Waals surface area contributed by atoms with Crippen molar-refractivity contribution in [1.82, 2.24) is 15.6 Å². The lowest BCUT2D eigenvalue weighted by molar-refractivity contribution is -0.122. The van der Waals surface area contributed by atoms with Gasteiger partial charge in [-0.25, -0.2) is 4.98 Å². The van der Waals surface area contributed by atoms with E-state index in [0.717, 1.165) is 49.4 Å². The standard InChI is InChI=1S/C19H27ClN4O2/c1-12-16(19(26)23-14-7-8-21-15(25)11-14)18(22-13(2)17(12)20)24-9-5-3-4-6-10-24/h14H,3-11H2,1-2H3,(H,21,25)(H,23,26). The Morgan fingerprint density at radius 1 is 1.23 bits per heavy atom. The quantitative estimate of drug-likeness (QED) is 0.848. The van der Waals surface area contributed by atoms with Gasteiger partial charge in [-0.1, -0.05) is 24.4 Å². The van der Waals surface area contributed by atoms with Gasteiger partial charge >= 0.3 is 0 Å². The number of carbonyl (C=O) groups is 2. The van der Waals surface area contributed by atoms with Crippen LogP contribution in [0.3, 0.4) is 0 Å². The average molecular weight is 379 g/mol. The van der Waals surface area contributed by atoms with Crippen LogP contribution in [0.1, 0.15) is 60.1 Å². The Labute approximate surface area is 159 Å². The van der Waals surface area contributed by atoms with E-state index >= 15 is 0 Å². The lowest BCUT2D eigenvalue weighted by Crippen LogP contribution is -2.46. The number of nitrogens with zero attached hydrogens (tertiary/aromatic N) is 2. The highest BCUT2D eigenvalue weighted by atomic mass is 35.5. The Balaban J connectivity index is 1.91. The molecule has 2 saturated heterocycles. The summed E-state index contributed by atoms with van der Waals surface area (Å²) < 4.78 is 0. The molecule has 26 heavy (non-hydrogen) atoms. The monoisotopic (exact) mass is 378 g/mol. The van der Waals surface area contributed by atoms with Gasteiger partial charge in [-0.15, -0.1) is 0 Å². The van der Waals surface area contributed by atoms with Crippen LogP contribution in [0.25, 0.3) is 0 Å². The van der Waals surface area contributed by atoms with E-state index in [1.54, 1.807) is 0 Å². The predicted molar refractivity (Wildman–Crippen MR) is 103 cm³/mol. The average Bonchev–Trinajstić information content (AvgIpc) is 2.88. The highest BCUT2D eigenvalue weighted by Crippen LogP contribution is 2.31. The van der Waals surface area contributed by atoms with Crippen molar-refractivity contribution in [2.75, 3.05) is 24.5 Å². The SMILES string of the molecule is Cc1nc(N2CCCCCC2)c(C(=O)NC2CCNC(=O)C2)c(C)c1Cl. The second kappa shape index (κ2) is 8.25. The van der Waals surface area contributed by atoms with Crippen molar-refractivity contribution in [3.05, 3.63) is 21.8 Å². The van der Waals surface area contributed by atoms with Gasteiger partial charge in [-0.05, 0) is 38.7 Å². The molecule has 0 bridgehead atoms. The number of rotatable bonds is 3. The first-order chi connectivity index (χ1) is 12.5. The summed E-state index contributed by atoms with van der Waals surface area (Å²) in [5.74, 6) is 0.519. The van der Waals surface area contributed by atoms with E-state index in [0.29, 0.717) is 23.6 Å². The van der Waals surface area contributed by atoms with Gasteiger partial charge in [-0.3, -0.25) is 9.59 Å². The zero-order valence-corrected chi connectivity index (χ0v) is 16.3. The zero-order valence-electron chi connectivity index (χ0n) is 15.5. The maximum atomic E-state index is 13.1. The van der Waals surface area contributed by atoms with Crippen LogP contribution in [0.4, 0.5) is 5.82 Å². The lowest BCUT2D eigenvalue weighted by Gasteiger charge is -2.28. The Kier molecular flexibility index (Phi) is 6.01. The van der Waals surface area contributed by atoms with Gasteiger partial charge in [0.1, 0.15) is 5.82 Å². The summed E-state index contributed by atoms with van der Waals surface area (Å²) in [4.78, 5) is 31.6. The molecule has 142 valence electrons. The molecule has 3 heterocycles. The molecular weight excluding hydrogens is 352 g/mol. The number of pyridine rings is 1. The molecule has 0 radical (unpaired) electrons. The molecule has 2 fully saturated rings. The third-order valence-electron chi connectivity index (χ3n) is 5.23. The third kappa shape index (κ3) is 4.11. The van der Waals surface area contributed by atoms with Gasteiger partial charge < -0.3 is 15.5 Å². The van der Waals surface area contributed by atoms with E-state index in [4.69, 9.17) is 11.6 Å². The zero-order chi connectivity index (χ0) is 18.7. The van der Waals surface area contributed by atoms with Crippen molar-refractivity contribution in [1.29, 1.82) is 0 Å². The number of amides is 2. The molecule has 1 unspecified atom stereocenters. The number of aryl methyl sites for hydroxylation is 1. The highest BCUT2D eigenvalue weighted by Gasteiger charge is 2.27. The van der Waals surface area contributed by atoms with Gasteiger partial charge in [0.25, 0.3) is 5.91 Å². The lowest BCUT2D eigenvalue weighted by atomic mass is 10.0. The summed E-state index contributed by atoms with van der Waals surface area (Å²) >= 11 is 6.41. The number of carbonyl (C=O) groups excluding carboxylic acids is 2. The molecule has 2 N–H and O–H groups in total. The molecule has 1 atom stereocenters. The van der Waals surface area contributed by atoms with E-state index in [9.17, 15) is 9.59 Å². The number of hydrogen-bond donors (Lipinski definition) is 2. The second-order valence-electron chi connectivity index (χ2n) is 7.25. The van der Waals surface area contributed by atoms with E-state index in [2.05, 4.69) is 20.5 Å². The summed E-state index contributed by atoms with van der Waals surface area (Å²) in [6, 6.07) is -0.146. The molecule has 1 aromatic rings. The summed E-state index contributed by atoms with van der Waals surface area (Å²) in [7, 11) is 0. The largest absolute Gasteiger partial charge is 0.356 e. The van der Waals surface area contributed by atoms with E-state index < -0.39 is 0 Å². The Morgan fingerprint density at radius 3 is 2.58 bits per heavy atom. The van der Waals surface area contributed by atoms with E-state index in [-0.39, 0.29) is 17.9 Å². The predicted octanol–water partition coefficient (Wildman–Crippen LogP) is 2.74. The molecule has 2 amide bonds. The number of aromatic nitrogens is 1. The first kappa shape index (κ1) is 19.0. The third-order valence-corrected chi connectivity index (χ3v) is 5.79. The normalized spacial score (nSPS) is 21.1. The van der Waals surface area contributed by atoms with Crippen LogP contribution >= 0.6 is 11.6 Å². The number of nitrogens with one attached hydrogen (secondary N) is 2. The smallest absolute Gasteiger partial charge is 0.255 e. The second-order valence-corrected chi connectivity index (χ2v) is 7.63. The summed E-state index contributed by atoms with van der Waals surface area (Å²) in [5.41, 5.74) is 2.06. The Hall–Kier alpha value is -1.82. The number of anilines is 1. The maximum absolute atomic E-state index is 13.1. The van der Waals surface area contributed by atoms with Gasteiger partial charge in [0.2, 0.25) is 5.91 Å². The molecule has 2 aliphatic heterocycles. The van der Waals surface area contributed by atoms with E-state index in [1.165, 1.54) is 12.8 Å². The highest BCUT2D eigenvalue weighted by molar-refractivity contribution is 6.32. The fourth-order valence-corrected chi connectivity index (χ4v) is 3.90. The molecule has 0 aromatic carbocycles. The van der Waals surface area contributed by atoms with Gasteiger partial charge in [-0.2, -0.15) is 0 Å². The Morgan fingerprint density at radius 2 is 1.92 bits per heavy atom. The molecule has 6 nitrogen and oxygen atoms in total. The van der Waals surface area contributed by atoms with Crippen LogP contribution in [0.2, 0.25) is 5.02 Å². The fraction of sp³-hybridized carbons (Fsp3) is 0.632. The van der Waals surface area contributed by atoms with Crippen LogP contribution in [-0.2, 0) is 4.79 Å². The van der Waals surface area contributed by atoms with Crippen molar-refractivity contribution < 1.29 is 9.59 Å².